The van der Waals surface area contributed by atoms with Gasteiger partial charge in [0, 0.05) is 5.69 Å². The Morgan fingerprint density at radius 2 is 1.64 bits per heavy atom. The van der Waals surface area contributed by atoms with Gasteiger partial charge in [0.1, 0.15) is 0 Å². The lowest BCUT2D eigenvalue weighted by molar-refractivity contribution is -0.115. The first-order valence-corrected chi connectivity index (χ1v) is 12.6. The molecule has 0 saturated carbocycles. The Morgan fingerprint density at radius 3 is 2.36 bits per heavy atom. The van der Waals surface area contributed by atoms with Crippen molar-refractivity contribution < 1.29 is 4.79 Å². The SMILES string of the molecule is Cc1ccc(-n2c(=O)c3ccccc3n3c(SC(C)C(=O)Nc4c(C)cccc4C)nnc23)c(C)c1. The van der Waals surface area contributed by atoms with Crippen LogP contribution in [-0.4, -0.2) is 30.3 Å². The van der Waals surface area contributed by atoms with E-state index in [1.165, 1.54) is 11.8 Å². The largest absolute Gasteiger partial charge is 0.325 e. The van der Waals surface area contributed by atoms with Gasteiger partial charge in [-0.25, -0.2) is 4.57 Å². The Kier molecular flexibility index (Phi) is 6.14. The van der Waals surface area contributed by atoms with Crippen LogP contribution in [0.15, 0.2) is 70.6 Å². The van der Waals surface area contributed by atoms with Crippen LogP contribution in [-0.2, 0) is 4.79 Å². The third kappa shape index (κ3) is 4.07. The number of benzene rings is 3. The number of fused-ring (bicyclic) bond motifs is 3. The maximum Gasteiger partial charge on any atom is 0.267 e. The molecule has 0 saturated heterocycles. The molecule has 5 aromatic rings. The molecule has 0 aliphatic carbocycles. The van der Waals surface area contributed by atoms with Gasteiger partial charge < -0.3 is 5.32 Å². The van der Waals surface area contributed by atoms with Crippen molar-refractivity contribution in [2.45, 2.75) is 45.0 Å². The second kappa shape index (κ2) is 9.28. The van der Waals surface area contributed by atoms with Gasteiger partial charge in [0.05, 0.1) is 21.8 Å². The zero-order valence-electron chi connectivity index (χ0n) is 20.9. The summed E-state index contributed by atoms with van der Waals surface area (Å²) >= 11 is 1.31. The van der Waals surface area contributed by atoms with E-state index in [0.29, 0.717) is 21.8 Å². The smallest absolute Gasteiger partial charge is 0.267 e. The topological polar surface area (TPSA) is 81.3 Å². The number of nitrogens with one attached hydrogen (secondary N) is 1. The van der Waals surface area contributed by atoms with E-state index in [4.69, 9.17) is 0 Å². The first-order valence-electron chi connectivity index (χ1n) is 11.8. The number of aromatic nitrogens is 4. The summed E-state index contributed by atoms with van der Waals surface area (Å²) in [6.45, 7) is 9.80. The van der Waals surface area contributed by atoms with E-state index in [2.05, 4.69) is 15.5 Å². The van der Waals surface area contributed by atoms with Crippen LogP contribution < -0.4 is 10.9 Å². The van der Waals surface area contributed by atoms with Crippen molar-refractivity contribution in [2.75, 3.05) is 5.32 Å². The molecule has 8 heteroatoms. The maximum atomic E-state index is 13.6. The quantitative estimate of drug-likeness (QED) is 0.330. The van der Waals surface area contributed by atoms with Crippen LogP contribution in [0.2, 0.25) is 0 Å². The molecule has 0 aliphatic rings. The van der Waals surface area contributed by atoms with Gasteiger partial charge in [-0.1, -0.05) is 59.8 Å². The lowest BCUT2D eigenvalue weighted by atomic mass is 10.1. The predicted octanol–water partition coefficient (Wildman–Crippen LogP) is 5.39. The van der Waals surface area contributed by atoms with Crippen LogP contribution in [0, 0.1) is 27.7 Å². The molecule has 2 heterocycles. The Morgan fingerprint density at radius 1 is 0.917 bits per heavy atom. The third-order valence-electron chi connectivity index (χ3n) is 6.37. The number of carbonyl (C=O) groups excluding carboxylic acids is 1. The normalized spacial score (nSPS) is 12.2. The number of anilines is 1. The summed E-state index contributed by atoms with van der Waals surface area (Å²) in [4.78, 5) is 26.7. The molecule has 5 rings (SSSR count). The molecule has 1 unspecified atom stereocenters. The fourth-order valence-corrected chi connectivity index (χ4v) is 5.33. The van der Waals surface area contributed by atoms with E-state index in [0.717, 1.165) is 33.6 Å². The highest BCUT2D eigenvalue weighted by molar-refractivity contribution is 8.00. The fourth-order valence-electron chi connectivity index (χ4n) is 4.48. The summed E-state index contributed by atoms with van der Waals surface area (Å²) in [6.07, 6.45) is 0. The number of nitrogens with zero attached hydrogens (tertiary/aromatic N) is 4. The molecular formula is C28H27N5O2S. The van der Waals surface area contributed by atoms with Crippen molar-refractivity contribution in [3.63, 3.8) is 0 Å². The van der Waals surface area contributed by atoms with Crippen molar-refractivity contribution in [1.29, 1.82) is 0 Å². The molecule has 0 spiro atoms. The van der Waals surface area contributed by atoms with Gasteiger partial charge in [-0.3, -0.25) is 14.0 Å². The summed E-state index contributed by atoms with van der Waals surface area (Å²) in [5.74, 6) is 0.289. The van der Waals surface area contributed by atoms with Gasteiger partial charge in [0.15, 0.2) is 5.16 Å². The summed E-state index contributed by atoms with van der Waals surface area (Å²) in [6, 6.07) is 19.3. The molecule has 182 valence electrons. The molecule has 0 aliphatic heterocycles. The first-order chi connectivity index (χ1) is 17.3. The summed E-state index contributed by atoms with van der Waals surface area (Å²) in [5.41, 5.74) is 6.23. The van der Waals surface area contributed by atoms with Crippen LogP contribution in [0.3, 0.4) is 0 Å². The first kappa shape index (κ1) is 23.8. The van der Waals surface area contributed by atoms with Crippen molar-refractivity contribution in [3.8, 4) is 5.69 Å². The fraction of sp³-hybridized carbons (Fsp3) is 0.214. The zero-order chi connectivity index (χ0) is 25.6. The second-order valence-electron chi connectivity index (χ2n) is 9.08. The van der Waals surface area contributed by atoms with E-state index in [1.54, 1.807) is 4.57 Å². The second-order valence-corrected chi connectivity index (χ2v) is 10.4. The molecule has 0 radical (unpaired) electrons. The van der Waals surface area contributed by atoms with Crippen molar-refractivity contribution in [2.24, 2.45) is 0 Å². The van der Waals surface area contributed by atoms with Crippen LogP contribution in [0.5, 0.6) is 0 Å². The highest BCUT2D eigenvalue weighted by Crippen LogP contribution is 2.28. The van der Waals surface area contributed by atoms with Crippen LogP contribution in [0.1, 0.15) is 29.2 Å². The van der Waals surface area contributed by atoms with Crippen molar-refractivity contribution >= 4 is 40.0 Å². The molecule has 1 atom stereocenters. The average molecular weight is 498 g/mol. The predicted molar refractivity (Wildman–Crippen MR) is 145 cm³/mol. The average Bonchev–Trinajstić information content (AvgIpc) is 3.26. The molecule has 36 heavy (non-hydrogen) atoms. The maximum absolute atomic E-state index is 13.6. The van der Waals surface area contributed by atoms with Gasteiger partial charge in [0.2, 0.25) is 11.7 Å². The van der Waals surface area contributed by atoms with Gasteiger partial charge in [-0.15, -0.1) is 10.2 Å². The van der Waals surface area contributed by atoms with E-state index < -0.39 is 5.25 Å². The van der Waals surface area contributed by atoms with Crippen LogP contribution >= 0.6 is 11.8 Å². The Hall–Kier alpha value is -3.91. The molecule has 0 fully saturated rings. The van der Waals surface area contributed by atoms with E-state index in [1.807, 2.05) is 99.7 Å². The van der Waals surface area contributed by atoms with Gasteiger partial charge in [-0.2, -0.15) is 0 Å². The molecule has 0 bridgehead atoms. The Bertz CT molecular complexity index is 1680. The number of hydrogen-bond donors (Lipinski definition) is 1. The van der Waals surface area contributed by atoms with E-state index in [9.17, 15) is 9.59 Å². The minimum Gasteiger partial charge on any atom is -0.325 e. The molecule has 1 N–H and O–H groups in total. The number of carbonyl (C=O) groups is 1. The van der Waals surface area contributed by atoms with Gasteiger partial charge in [0.25, 0.3) is 5.56 Å². The standard InChI is InChI=1S/C28H27N5O2S/c1-16-13-14-22(19(4)15-16)32-26(35)21-11-6-7-12-23(21)33-27(32)30-31-28(33)36-20(5)25(34)29-24-17(2)9-8-10-18(24)3/h6-15,20H,1-5H3,(H,29,34). The number of para-hydroxylation sites is 2. The summed E-state index contributed by atoms with van der Waals surface area (Å²) < 4.78 is 3.47. The Balaban J connectivity index is 1.61. The van der Waals surface area contributed by atoms with Crippen LogP contribution in [0.25, 0.3) is 22.4 Å². The highest BCUT2D eigenvalue weighted by Gasteiger charge is 2.23. The highest BCUT2D eigenvalue weighted by atomic mass is 32.2. The van der Waals surface area contributed by atoms with E-state index in [-0.39, 0.29) is 11.5 Å². The van der Waals surface area contributed by atoms with Crippen molar-refractivity contribution in [3.05, 3.63) is 93.3 Å². The number of thioether (sulfide) groups is 1. The lowest BCUT2D eigenvalue weighted by Gasteiger charge is -2.16. The third-order valence-corrected chi connectivity index (χ3v) is 7.41. The summed E-state index contributed by atoms with van der Waals surface area (Å²) in [7, 11) is 0. The molecule has 3 aromatic carbocycles. The van der Waals surface area contributed by atoms with Crippen LogP contribution in [0.4, 0.5) is 5.69 Å². The minimum absolute atomic E-state index is 0.124. The Labute approximate surface area is 213 Å². The summed E-state index contributed by atoms with van der Waals surface area (Å²) in [5, 5.41) is 12.6. The molecule has 2 aromatic heterocycles. The number of amides is 1. The lowest BCUT2D eigenvalue weighted by Crippen LogP contribution is -2.24. The monoisotopic (exact) mass is 497 g/mol. The molecule has 7 nitrogen and oxygen atoms in total. The molecular weight excluding hydrogens is 470 g/mol. The number of hydrogen-bond acceptors (Lipinski definition) is 5. The number of aryl methyl sites for hydroxylation is 4. The zero-order valence-corrected chi connectivity index (χ0v) is 21.7. The molecule has 1 amide bonds. The van der Waals surface area contributed by atoms with Gasteiger partial charge in [-0.05, 0) is 69.5 Å². The number of rotatable bonds is 5. The van der Waals surface area contributed by atoms with Gasteiger partial charge >= 0.3 is 0 Å². The van der Waals surface area contributed by atoms with Crippen molar-refractivity contribution in [1.82, 2.24) is 19.2 Å². The van der Waals surface area contributed by atoms with E-state index >= 15 is 0 Å². The minimum atomic E-state index is -0.448.